The van der Waals surface area contributed by atoms with Gasteiger partial charge in [0, 0.05) is 12.2 Å². The smallest absolute Gasteiger partial charge is 0.231 e. The lowest BCUT2D eigenvalue weighted by Crippen LogP contribution is -2.46. The molecular formula is C13H22N2O. The minimum absolute atomic E-state index is 0.102. The lowest BCUT2D eigenvalue weighted by molar-refractivity contribution is -0.131. The first-order chi connectivity index (χ1) is 7.66. The van der Waals surface area contributed by atoms with E-state index >= 15 is 0 Å². The second-order valence-corrected chi connectivity index (χ2v) is 5.22. The van der Waals surface area contributed by atoms with Gasteiger partial charge in [-0.1, -0.05) is 19.9 Å². The highest BCUT2D eigenvalue weighted by atomic mass is 16.2. The van der Waals surface area contributed by atoms with Crippen LogP contribution < -0.4 is 5.32 Å². The molecule has 3 nitrogen and oxygen atoms in total. The van der Waals surface area contributed by atoms with E-state index in [-0.39, 0.29) is 11.3 Å². The van der Waals surface area contributed by atoms with Gasteiger partial charge in [0.05, 0.1) is 5.41 Å². The van der Waals surface area contributed by atoms with Crippen LogP contribution in [0, 0.1) is 5.41 Å². The molecule has 2 heterocycles. The number of carbonyl (C=O) groups is 1. The van der Waals surface area contributed by atoms with Crippen molar-refractivity contribution in [3.8, 4) is 0 Å². The number of allylic oxidation sites excluding steroid dienone is 1. The van der Waals surface area contributed by atoms with E-state index in [9.17, 15) is 4.79 Å². The van der Waals surface area contributed by atoms with Gasteiger partial charge in [0.1, 0.15) is 0 Å². The molecule has 90 valence electrons. The summed E-state index contributed by atoms with van der Waals surface area (Å²) in [6.45, 7) is 9.23. The first-order valence-corrected chi connectivity index (χ1v) is 6.38. The summed E-state index contributed by atoms with van der Waals surface area (Å²) in [5, 5.41) is 2.93. The molecule has 0 aliphatic carbocycles. The van der Waals surface area contributed by atoms with Crippen LogP contribution in [0.2, 0.25) is 0 Å². The first kappa shape index (κ1) is 11.6. The molecule has 3 heteroatoms. The Bertz CT molecular complexity index is 300. The number of nitrogens with one attached hydrogen (secondary N) is 1. The average molecular weight is 222 g/mol. The second-order valence-electron chi connectivity index (χ2n) is 5.22. The Morgan fingerprint density at radius 1 is 1.50 bits per heavy atom. The largest absolute Gasteiger partial charge is 0.330 e. The van der Waals surface area contributed by atoms with E-state index in [0.717, 1.165) is 44.6 Å². The van der Waals surface area contributed by atoms with Crippen molar-refractivity contribution >= 4 is 5.91 Å². The molecule has 1 amide bonds. The summed E-state index contributed by atoms with van der Waals surface area (Å²) in [6, 6.07) is 0. The minimum atomic E-state index is -0.102. The van der Waals surface area contributed by atoms with Crippen LogP contribution in [0.1, 0.15) is 39.0 Å². The lowest BCUT2D eigenvalue weighted by Gasteiger charge is -2.33. The monoisotopic (exact) mass is 222 g/mol. The third-order valence-electron chi connectivity index (χ3n) is 3.94. The van der Waals surface area contributed by atoms with Crippen LogP contribution >= 0.6 is 0 Å². The fourth-order valence-electron chi connectivity index (χ4n) is 2.78. The quantitative estimate of drug-likeness (QED) is 0.791. The maximum atomic E-state index is 12.0. The number of piperidine rings is 1. The average Bonchev–Trinajstić information content (AvgIpc) is 2.67. The molecule has 0 bridgehead atoms. The molecular weight excluding hydrogens is 200 g/mol. The summed E-state index contributed by atoms with van der Waals surface area (Å²) in [5.74, 6) is 0.211. The Balaban J connectivity index is 1.95. The summed E-state index contributed by atoms with van der Waals surface area (Å²) in [4.78, 5) is 14.5. The number of likely N-dealkylation sites (tertiary alicyclic amines) is 1. The number of amides is 1. The van der Waals surface area contributed by atoms with E-state index < -0.39 is 0 Å². The van der Waals surface area contributed by atoms with E-state index in [1.54, 1.807) is 0 Å². The van der Waals surface area contributed by atoms with Gasteiger partial charge in [-0.3, -0.25) is 4.79 Å². The molecule has 1 N–H and O–H groups in total. The van der Waals surface area contributed by atoms with Crippen molar-refractivity contribution in [3.05, 3.63) is 12.3 Å². The molecule has 0 saturated carbocycles. The van der Waals surface area contributed by atoms with Crippen molar-refractivity contribution < 1.29 is 4.79 Å². The number of hydrogen-bond donors (Lipinski definition) is 1. The summed E-state index contributed by atoms with van der Waals surface area (Å²) < 4.78 is 0. The van der Waals surface area contributed by atoms with E-state index in [0.29, 0.717) is 0 Å². The number of unbranched alkanes of at least 4 members (excludes halogenated alkanes) is 1. The normalized spacial score (nSPS) is 31.1. The van der Waals surface area contributed by atoms with Crippen LogP contribution in [0.4, 0.5) is 0 Å². The van der Waals surface area contributed by atoms with Gasteiger partial charge in [-0.25, -0.2) is 0 Å². The highest BCUT2D eigenvalue weighted by Crippen LogP contribution is 2.39. The van der Waals surface area contributed by atoms with E-state index in [4.69, 9.17) is 0 Å². The van der Waals surface area contributed by atoms with Crippen LogP contribution in [0.15, 0.2) is 12.3 Å². The van der Waals surface area contributed by atoms with Crippen LogP contribution in [0.3, 0.4) is 0 Å². The Labute approximate surface area is 97.9 Å². The van der Waals surface area contributed by atoms with Crippen LogP contribution in [0.5, 0.6) is 0 Å². The van der Waals surface area contributed by atoms with Gasteiger partial charge in [0.15, 0.2) is 0 Å². The van der Waals surface area contributed by atoms with Gasteiger partial charge in [-0.05, 0) is 38.8 Å². The SMILES string of the molecule is C=C1CCC2(CCN(CCCC)C2)C(=O)N1. The zero-order chi connectivity index (χ0) is 11.6. The molecule has 1 spiro atoms. The third-order valence-corrected chi connectivity index (χ3v) is 3.94. The van der Waals surface area contributed by atoms with Gasteiger partial charge in [0.2, 0.25) is 5.91 Å². The predicted molar refractivity (Wildman–Crippen MR) is 64.9 cm³/mol. The highest BCUT2D eigenvalue weighted by Gasteiger charge is 2.45. The number of nitrogens with zero attached hydrogens (tertiary/aromatic N) is 1. The fourth-order valence-corrected chi connectivity index (χ4v) is 2.78. The van der Waals surface area contributed by atoms with E-state index in [2.05, 4.69) is 23.7 Å². The maximum absolute atomic E-state index is 12.0. The molecule has 2 fully saturated rings. The Hall–Kier alpha value is -0.830. The Morgan fingerprint density at radius 3 is 3.00 bits per heavy atom. The van der Waals surface area contributed by atoms with E-state index in [1.165, 1.54) is 12.8 Å². The molecule has 2 aliphatic heterocycles. The maximum Gasteiger partial charge on any atom is 0.231 e. The van der Waals surface area contributed by atoms with Crippen molar-refractivity contribution in [3.63, 3.8) is 0 Å². The second kappa shape index (κ2) is 4.58. The van der Waals surface area contributed by atoms with Crippen LogP contribution in [-0.4, -0.2) is 30.4 Å². The number of rotatable bonds is 3. The molecule has 1 atom stereocenters. The number of carbonyl (C=O) groups excluding carboxylic acids is 1. The summed E-state index contributed by atoms with van der Waals surface area (Å²) in [6.07, 6.45) is 5.43. The van der Waals surface area contributed by atoms with Gasteiger partial charge in [-0.15, -0.1) is 0 Å². The van der Waals surface area contributed by atoms with Gasteiger partial charge >= 0.3 is 0 Å². The van der Waals surface area contributed by atoms with Crippen LogP contribution in [-0.2, 0) is 4.79 Å². The molecule has 2 aliphatic rings. The number of hydrogen-bond acceptors (Lipinski definition) is 2. The molecule has 0 aromatic heterocycles. The third kappa shape index (κ3) is 2.14. The fraction of sp³-hybridized carbons (Fsp3) is 0.769. The lowest BCUT2D eigenvalue weighted by atomic mass is 9.78. The zero-order valence-corrected chi connectivity index (χ0v) is 10.2. The van der Waals surface area contributed by atoms with Gasteiger partial charge in [0.25, 0.3) is 0 Å². The zero-order valence-electron chi connectivity index (χ0n) is 10.2. The van der Waals surface area contributed by atoms with Crippen LogP contribution in [0.25, 0.3) is 0 Å². The van der Waals surface area contributed by atoms with E-state index in [1.807, 2.05) is 0 Å². The highest BCUT2D eigenvalue weighted by molar-refractivity contribution is 5.85. The van der Waals surface area contributed by atoms with Crippen molar-refractivity contribution in [1.29, 1.82) is 0 Å². The molecule has 0 aromatic carbocycles. The van der Waals surface area contributed by atoms with Crippen molar-refractivity contribution in [1.82, 2.24) is 10.2 Å². The molecule has 0 radical (unpaired) electrons. The molecule has 2 saturated heterocycles. The summed E-state index contributed by atoms with van der Waals surface area (Å²) in [7, 11) is 0. The Morgan fingerprint density at radius 2 is 2.31 bits per heavy atom. The van der Waals surface area contributed by atoms with Gasteiger partial charge < -0.3 is 10.2 Å². The predicted octanol–water partition coefficient (Wildman–Crippen LogP) is 1.90. The van der Waals surface area contributed by atoms with Crippen molar-refractivity contribution in [2.75, 3.05) is 19.6 Å². The van der Waals surface area contributed by atoms with Crippen molar-refractivity contribution in [2.24, 2.45) is 5.41 Å². The Kier molecular flexibility index (Phi) is 3.33. The standard InChI is InChI=1S/C13H22N2O/c1-3-4-8-15-9-7-13(10-15)6-5-11(2)14-12(13)16/h2-10H2,1H3,(H,14,16). The minimum Gasteiger partial charge on any atom is -0.330 e. The van der Waals surface area contributed by atoms with Crippen molar-refractivity contribution in [2.45, 2.75) is 39.0 Å². The molecule has 1 unspecified atom stereocenters. The first-order valence-electron chi connectivity index (χ1n) is 6.38. The molecule has 2 rings (SSSR count). The molecule has 16 heavy (non-hydrogen) atoms. The topological polar surface area (TPSA) is 32.3 Å². The van der Waals surface area contributed by atoms with Gasteiger partial charge in [-0.2, -0.15) is 0 Å². The molecule has 0 aromatic rings. The summed E-state index contributed by atoms with van der Waals surface area (Å²) >= 11 is 0. The summed E-state index contributed by atoms with van der Waals surface area (Å²) in [5.41, 5.74) is 0.789.